The molecule has 1 aromatic heterocycles. The van der Waals surface area contributed by atoms with Gasteiger partial charge < -0.3 is 5.32 Å². The van der Waals surface area contributed by atoms with Crippen LogP contribution in [0.1, 0.15) is 36.4 Å². The number of nitro groups is 1. The summed E-state index contributed by atoms with van der Waals surface area (Å²) >= 11 is 1.63. The van der Waals surface area contributed by atoms with Crippen molar-refractivity contribution in [3.05, 3.63) is 56.5 Å². The third-order valence-corrected chi connectivity index (χ3v) is 4.21. The van der Waals surface area contributed by atoms with Gasteiger partial charge in [-0.2, -0.15) is 0 Å². The van der Waals surface area contributed by atoms with Crippen LogP contribution in [0.4, 0.5) is 5.69 Å². The molecular weight excluding hydrogens is 274 g/mol. The molecule has 1 heterocycles. The highest BCUT2D eigenvalue weighted by Gasteiger charge is 2.18. The summed E-state index contributed by atoms with van der Waals surface area (Å²) in [5.74, 6) is 0.292. The second-order valence-electron chi connectivity index (χ2n) is 4.72. The quantitative estimate of drug-likeness (QED) is 0.653. The number of aromatic nitrogens is 1. The van der Waals surface area contributed by atoms with Crippen LogP contribution < -0.4 is 5.32 Å². The van der Waals surface area contributed by atoms with Crippen molar-refractivity contribution in [2.24, 2.45) is 0 Å². The molecule has 6 heteroatoms. The van der Waals surface area contributed by atoms with E-state index < -0.39 is 0 Å². The Hall–Kier alpha value is -1.79. The Labute approximate surface area is 121 Å². The molecule has 1 N–H and O–H groups in total. The first-order valence-corrected chi connectivity index (χ1v) is 7.33. The van der Waals surface area contributed by atoms with Gasteiger partial charge in [-0.3, -0.25) is 10.1 Å². The standard InChI is InChI=1S/C14H17N3O2S/c1-10(14-15-7-8-20-14)9-16-11(2)12-5-3-4-6-13(12)17(18)19/h3-8,10-11,16H,9H2,1-2H3. The summed E-state index contributed by atoms with van der Waals surface area (Å²) in [5.41, 5.74) is 0.873. The maximum atomic E-state index is 11.0. The van der Waals surface area contributed by atoms with Crippen LogP contribution in [-0.4, -0.2) is 16.5 Å². The first kappa shape index (κ1) is 14.6. The monoisotopic (exact) mass is 291 g/mol. The number of benzene rings is 1. The van der Waals surface area contributed by atoms with Crippen molar-refractivity contribution in [3.8, 4) is 0 Å². The Bertz CT molecular complexity index is 572. The molecule has 0 aliphatic rings. The van der Waals surface area contributed by atoms with Gasteiger partial charge in [0.05, 0.1) is 9.93 Å². The Morgan fingerprint density at radius 1 is 1.40 bits per heavy atom. The molecule has 2 aromatic rings. The number of para-hydroxylation sites is 1. The van der Waals surface area contributed by atoms with Crippen molar-refractivity contribution in [3.63, 3.8) is 0 Å². The normalized spacial score (nSPS) is 13.9. The third kappa shape index (κ3) is 3.40. The summed E-state index contributed by atoms with van der Waals surface area (Å²) in [6.45, 7) is 4.77. The van der Waals surface area contributed by atoms with Crippen LogP contribution in [0.2, 0.25) is 0 Å². The highest BCUT2D eigenvalue weighted by Crippen LogP contribution is 2.25. The SMILES string of the molecule is CC(CNC(C)c1ccccc1[N+](=O)[O-])c1nccs1. The lowest BCUT2D eigenvalue weighted by molar-refractivity contribution is -0.385. The van der Waals surface area contributed by atoms with Crippen LogP contribution in [0.15, 0.2) is 35.8 Å². The molecule has 0 fully saturated rings. The van der Waals surface area contributed by atoms with E-state index in [1.165, 1.54) is 6.07 Å². The topological polar surface area (TPSA) is 68.1 Å². The smallest absolute Gasteiger partial charge is 0.274 e. The molecule has 0 bridgehead atoms. The zero-order valence-corrected chi connectivity index (χ0v) is 12.3. The van der Waals surface area contributed by atoms with Crippen molar-refractivity contribution in [1.29, 1.82) is 0 Å². The number of hydrogen-bond acceptors (Lipinski definition) is 5. The van der Waals surface area contributed by atoms with Gasteiger partial charge in [0, 0.05) is 41.7 Å². The lowest BCUT2D eigenvalue weighted by Gasteiger charge is -2.17. The predicted octanol–water partition coefficient (Wildman–Crippen LogP) is 3.51. The van der Waals surface area contributed by atoms with Crippen molar-refractivity contribution in [1.82, 2.24) is 10.3 Å². The van der Waals surface area contributed by atoms with Gasteiger partial charge in [-0.15, -0.1) is 11.3 Å². The number of nitrogens with zero attached hydrogens (tertiary/aromatic N) is 2. The summed E-state index contributed by atoms with van der Waals surface area (Å²) in [5, 5.41) is 17.4. The highest BCUT2D eigenvalue weighted by atomic mass is 32.1. The van der Waals surface area contributed by atoms with Gasteiger partial charge in [0.25, 0.3) is 5.69 Å². The van der Waals surface area contributed by atoms with Crippen molar-refractivity contribution >= 4 is 17.0 Å². The number of rotatable bonds is 6. The highest BCUT2D eigenvalue weighted by molar-refractivity contribution is 7.09. The van der Waals surface area contributed by atoms with Crippen LogP contribution in [-0.2, 0) is 0 Å². The molecule has 106 valence electrons. The Morgan fingerprint density at radius 3 is 2.80 bits per heavy atom. The average molecular weight is 291 g/mol. The van der Waals surface area contributed by atoms with Gasteiger partial charge in [-0.1, -0.05) is 25.1 Å². The zero-order chi connectivity index (χ0) is 14.5. The number of nitro benzene ring substituents is 1. The fourth-order valence-electron chi connectivity index (χ4n) is 2.05. The van der Waals surface area contributed by atoms with E-state index in [0.717, 1.165) is 11.6 Å². The number of hydrogen-bond donors (Lipinski definition) is 1. The minimum Gasteiger partial charge on any atom is -0.309 e. The molecule has 2 unspecified atom stereocenters. The molecule has 0 amide bonds. The molecular formula is C14H17N3O2S. The Balaban J connectivity index is 2.02. The molecule has 0 aliphatic heterocycles. The Kier molecular flexibility index (Phi) is 4.81. The molecule has 5 nitrogen and oxygen atoms in total. The Morgan fingerprint density at radius 2 is 2.15 bits per heavy atom. The van der Waals surface area contributed by atoms with E-state index in [2.05, 4.69) is 17.2 Å². The first-order chi connectivity index (χ1) is 9.59. The summed E-state index contributed by atoms with van der Waals surface area (Å²) in [4.78, 5) is 15.0. The van der Waals surface area contributed by atoms with Crippen molar-refractivity contribution in [2.75, 3.05) is 6.54 Å². The minimum atomic E-state index is -0.336. The fraction of sp³-hybridized carbons (Fsp3) is 0.357. The largest absolute Gasteiger partial charge is 0.309 e. The molecule has 2 atom stereocenters. The first-order valence-electron chi connectivity index (χ1n) is 6.45. The second kappa shape index (κ2) is 6.58. The molecule has 0 aliphatic carbocycles. The molecule has 20 heavy (non-hydrogen) atoms. The van der Waals surface area contributed by atoms with Gasteiger partial charge in [-0.25, -0.2) is 4.98 Å². The molecule has 1 aromatic carbocycles. The minimum absolute atomic E-state index is 0.0704. The molecule has 0 saturated carbocycles. The van der Waals surface area contributed by atoms with E-state index in [4.69, 9.17) is 0 Å². The summed E-state index contributed by atoms with van der Waals surface area (Å²) in [6, 6.07) is 6.78. The fourth-order valence-corrected chi connectivity index (χ4v) is 2.75. The lowest BCUT2D eigenvalue weighted by Crippen LogP contribution is -2.24. The van der Waals surface area contributed by atoms with Gasteiger partial charge in [0.15, 0.2) is 0 Å². The molecule has 0 saturated heterocycles. The van der Waals surface area contributed by atoms with Crippen LogP contribution in [0.3, 0.4) is 0 Å². The van der Waals surface area contributed by atoms with Crippen LogP contribution in [0, 0.1) is 10.1 Å². The van der Waals surface area contributed by atoms with E-state index in [1.807, 2.05) is 18.4 Å². The van der Waals surface area contributed by atoms with E-state index in [0.29, 0.717) is 11.5 Å². The second-order valence-corrected chi connectivity index (χ2v) is 5.64. The molecule has 2 rings (SSSR count). The average Bonchev–Trinajstić information content (AvgIpc) is 2.98. The molecule has 0 spiro atoms. The van der Waals surface area contributed by atoms with Gasteiger partial charge in [0.1, 0.15) is 0 Å². The van der Waals surface area contributed by atoms with Crippen LogP contribution in [0.5, 0.6) is 0 Å². The number of nitrogens with one attached hydrogen (secondary N) is 1. The summed E-state index contributed by atoms with van der Waals surface area (Å²) in [6.07, 6.45) is 1.79. The van der Waals surface area contributed by atoms with Crippen molar-refractivity contribution in [2.45, 2.75) is 25.8 Å². The number of thiazole rings is 1. The lowest BCUT2D eigenvalue weighted by atomic mass is 10.1. The van der Waals surface area contributed by atoms with E-state index in [-0.39, 0.29) is 16.7 Å². The van der Waals surface area contributed by atoms with Gasteiger partial charge in [-0.05, 0) is 6.92 Å². The zero-order valence-electron chi connectivity index (χ0n) is 11.4. The van der Waals surface area contributed by atoms with Crippen LogP contribution >= 0.6 is 11.3 Å². The predicted molar refractivity (Wildman–Crippen MR) is 80.0 cm³/mol. The van der Waals surface area contributed by atoms with E-state index >= 15 is 0 Å². The van der Waals surface area contributed by atoms with Gasteiger partial charge >= 0.3 is 0 Å². The maximum Gasteiger partial charge on any atom is 0.274 e. The van der Waals surface area contributed by atoms with Crippen molar-refractivity contribution < 1.29 is 4.92 Å². The molecule has 0 radical (unpaired) electrons. The third-order valence-electron chi connectivity index (χ3n) is 3.20. The van der Waals surface area contributed by atoms with Crippen LogP contribution in [0.25, 0.3) is 0 Å². The van der Waals surface area contributed by atoms with E-state index in [9.17, 15) is 10.1 Å². The summed E-state index contributed by atoms with van der Waals surface area (Å²) < 4.78 is 0. The van der Waals surface area contributed by atoms with E-state index in [1.54, 1.807) is 29.7 Å². The van der Waals surface area contributed by atoms with Gasteiger partial charge in [0.2, 0.25) is 0 Å². The summed E-state index contributed by atoms with van der Waals surface area (Å²) in [7, 11) is 0. The maximum absolute atomic E-state index is 11.0.